The maximum Gasteiger partial charge on any atom is 0.112 e. The number of hydrogen-bond donors (Lipinski definition) is 0. The van der Waals surface area contributed by atoms with E-state index in [0.717, 1.165) is 17.8 Å². The van der Waals surface area contributed by atoms with Gasteiger partial charge in [-0.15, -0.1) is 0 Å². The minimum atomic E-state index is 0.368. The second-order valence-electron chi connectivity index (χ2n) is 2.45. The average molecular weight is 147 g/mol. The zero-order chi connectivity index (χ0) is 8.55. The number of nitrogens with zero attached hydrogens (tertiary/aromatic N) is 2. The van der Waals surface area contributed by atoms with Crippen LogP contribution in [0.2, 0.25) is 0 Å². The molecule has 0 aliphatic carbocycles. The van der Waals surface area contributed by atoms with Gasteiger partial charge in [0.2, 0.25) is 0 Å². The zero-order valence-corrected chi connectivity index (χ0v) is 6.41. The quantitative estimate of drug-likeness (QED) is 0.602. The summed E-state index contributed by atoms with van der Waals surface area (Å²) in [5, 5.41) is 0. The number of rotatable bonds is 1. The largest absolute Gasteiger partial charge is 0.304 e. The average Bonchev–Trinajstić information content (AvgIpc) is 2.44. The van der Waals surface area contributed by atoms with Gasteiger partial charge in [-0.05, 0) is 12.1 Å². The van der Waals surface area contributed by atoms with Crippen molar-refractivity contribution in [1.29, 1.82) is 0 Å². The fourth-order valence-corrected chi connectivity index (χ4v) is 1.18. The van der Waals surface area contributed by atoms with Crippen LogP contribution in [0.5, 0.6) is 0 Å². The summed E-state index contributed by atoms with van der Waals surface area (Å²) in [7, 11) is 0. The second kappa shape index (κ2) is 2.38. The molecule has 0 saturated carbocycles. The van der Waals surface area contributed by atoms with E-state index in [2.05, 4.69) is 4.98 Å². The van der Waals surface area contributed by atoms with Gasteiger partial charge < -0.3 is 4.40 Å². The van der Waals surface area contributed by atoms with Gasteiger partial charge in [0, 0.05) is 12.6 Å². The lowest BCUT2D eigenvalue weighted by Crippen LogP contribution is -1.90. The predicted octanol–water partition coefficient (Wildman–Crippen LogP) is 1.90. The van der Waals surface area contributed by atoms with E-state index >= 15 is 0 Å². The molecule has 0 amide bonds. The number of fused-ring (bicyclic) bond motifs is 1. The molecule has 0 saturated heterocycles. The minimum Gasteiger partial charge on any atom is -0.304 e. The topological polar surface area (TPSA) is 17.3 Å². The molecule has 0 bridgehead atoms. The highest BCUT2D eigenvalue weighted by atomic mass is 15.0. The highest BCUT2D eigenvalue weighted by Crippen LogP contribution is 2.05. The van der Waals surface area contributed by atoms with E-state index in [1.54, 1.807) is 0 Å². The van der Waals surface area contributed by atoms with Gasteiger partial charge in [-0.3, -0.25) is 0 Å². The summed E-state index contributed by atoms with van der Waals surface area (Å²) in [4.78, 5) is 4.14. The molecule has 2 aromatic heterocycles. The molecule has 0 aliphatic rings. The Morgan fingerprint density at radius 1 is 1.64 bits per heavy atom. The third-order valence-electron chi connectivity index (χ3n) is 1.75. The van der Waals surface area contributed by atoms with E-state index < -0.39 is 0 Å². The van der Waals surface area contributed by atoms with E-state index in [4.69, 9.17) is 1.37 Å². The van der Waals surface area contributed by atoms with Crippen molar-refractivity contribution in [2.45, 2.75) is 13.3 Å². The van der Waals surface area contributed by atoms with Crippen molar-refractivity contribution >= 4 is 5.52 Å². The molecule has 0 unspecified atom stereocenters. The molecule has 0 radical (unpaired) electrons. The standard InChI is InChI=1S/C9H10N2/c1-2-9-10-7-8-5-3-4-6-11(8)9/h3-7H,2H2,1H3/i7D. The molecular weight excluding hydrogens is 136 g/mol. The highest BCUT2D eigenvalue weighted by molar-refractivity contribution is 5.45. The van der Waals surface area contributed by atoms with E-state index in [0.29, 0.717) is 6.17 Å². The summed E-state index contributed by atoms with van der Waals surface area (Å²) in [6.07, 6.45) is 3.18. The normalized spacial score (nSPS) is 11.9. The van der Waals surface area contributed by atoms with Gasteiger partial charge in [0.1, 0.15) is 5.82 Å². The molecule has 2 heteroatoms. The zero-order valence-electron chi connectivity index (χ0n) is 7.41. The molecule has 0 fully saturated rings. The van der Waals surface area contributed by atoms with Crippen LogP contribution >= 0.6 is 0 Å². The molecule has 2 aromatic rings. The number of aromatic nitrogens is 2. The van der Waals surface area contributed by atoms with Crippen LogP contribution in [0, 0.1) is 0 Å². The van der Waals surface area contributed by atoms with Gasteiger partial charge in [0.05, 0.1) is 13.1 Å². The Morgan fingerprint density at radius 3 is 3.36 bits per heavy atom. The van der Waals surface area contributed by atoms with E-state index in [1.165, 1.54) is 0 Å². The Hall–Kier alpha value is -1.31. The summed E-state index contributed by atoms with van der Waals surface area (Å²) in [6.45, 7) is 2.04. The molecule has 0 N–H and O–H groups in total. The molecule has 0 atom stereocenters. The van der Waals surface area contributed by atoms with Crippen molar-refractivity contribution in [3.8, 4) is 0 Å². The fraction of sp³-hybridized carbons (Fsp3) is 0.222. The Kier molecular flexibility index (Phi) is 1.16. The summed E-state index contributed by atoms with van der Waals surface area (Å²) >= 11 is 0. The molecule has 2 heterocycles. The maximum atomic E-state index is 7.56. The number of imidazole rings is 1. The third kappa shape index (κ3) is 0.909. The van der Waals surface area contributed by atoms with E-state index in [-0.39, 0.29) is 0 Å². The van der Waals surface area contributed by atoms with Gasteiger partial charge in [0.15, 0.2) is 0 Å². The van der Waals surface area contributed by atoms with Gasteiger partial charge in [0.25, 0.3) is 0 Å². The van der Waals surface area contributed by atoms with Crippen molar-refractivity contribution in [3.63, 3.8) is 0 Å². The first-order chi connectivity index (χ1) is 5.83. The van der Waals surface area contributed by atoms with Crippen molar-refractivity contribution in [2.24, 2.45) is 0 Å². The van der Waals surface area contributed by atoms with Gasteiger partial charge in [-0.25, -0.2) is 4.98 Å². The molecular formula is C9H10N2. The Bertz CT molecular complexity index is 406. The van der Waals surface area contributed by atoms with Gasteiger partial charge in [-0.2, -0.15) is 0 Å². The van der Waals surface area contributed by atoms with E-state index in [9.17, 15) is 0 Å². The fourth-order valence-electron chi connectivity index (χ4n) is 1.18. The summed E-state index contributed by atoms with van der Waals surface area (Å²) in [6, 6.07) is 5.79. The first-order valence-corrected chi connectivity index (χ1v) is 3.75. The molecule has 11 heavy (non-hydrogen) atoms. The lowest BCUT2D eigenvalue weighted by Gasteiger charge is -1.94. The van der Waals surface area contributed by atoms with Crippen LogP contribution < -0.4 is 0 Å². The summed E-state index contributed by atoms with van der Waals surface area (Å²) in [5.74, 6) is 0.954. The van der Waals surface area contributed by atoms with Crippen molar-refractivity contribution in [2.75, 3.05) is 0 Å². The van der Waals surface area contributed by atoms with Crippen molar-refractivity contribution in [1.82, 2.24) is 9.38 Å². The van der Waals surface area contributed by atoms with Crippen LogP contribution in [0.4, 0.5) is 0 Å². The second-order valence-corrected chi connectivity index (χ2v) is 2.45. The minimum absolute atomic E-state index is 0.368. The van der Waals surface area contributed by atoms with Gasteiger partial charge in [-0.1, -0.05) is 13.0 Å². The molecule has 0 aromatic carbocycles. The molecule has 2 nitrogen and oxygen atoms in total. The number of pyridine rings is 1. The van der Waals surface area contributed by atoms with Crippen LogP contribution in [-0.2, 0) is 6.42 Å². The monoisotopic (exact) mass is 147 g/mol. The lowest BCUT2D eigenvalue weighted by molar-refractivity contribution is 0.933. The lowest BCUT2D eigenvalue weighted by atomic mass is 10.4. The molecule has 56 valence electrons. The van der Waals surface area contributed by atoms with Crippen molar-refractivity contribution in [3.05, 3.63) is 36.4 Å². The van der Waals surface area contributed by atoms with E-state index in [1.807, 2.05) is 35.7 Å². The number of aryl methyl sites for hydroxylation is 1. The Balaban J connectivity index is 2.82. The first-order valence-electron chi connectivity index (χ1n) is 4.25. The van der Waals surface area contributed by atoms with Gasteiger partial charge >= 0.3 is 0 Å². The molecule has 0 spiro atoms. The predicted molar refractivity (Wildman–Crippen MR) is 44.6 cm³/mol. The van der Waals surface area contributed by atoms with Crippen LogP contribution in [-0.4, -0.2) is 9.38 Å². The Labute approximate surface area is 66.9 Å². The highest BCUT2D eigenvalue weighted by Gasteiger charge is 1.97. The summed E-state index contributed by atoms with van der Waals surface area (Å²) in [5.41, 5.74) is 0.884. The maximum absolute atomic E-state index is 7.56. The van der Waals surface area contributed by atoms with Crippen LogP contribution in [0.15, 0.2) is 30.6 Å². The van der Waals surface area contributed by atoms with Crippen molar-refractivity contribution < 1.29 is 1.37 Å². The Morgan fingerprint density at radius 2 is 2.55 bits per heavy atom. The smallest absolute Gasteiger partial charge is 0.112 e. The molecule has 2 rings (SSSR count). The first kappa shape index (κ1) is 5.35. The number of hydrogen-bond acceptors (Lipinski definition) is 1. The van der Waals surface area contributed by atoms with Crippen LogP contribution in [0.25, 0.3) is 5.52 Å². The third-order valence-corrected chi connectivity index (χ3v) is 1.75. The SMILES string of the molecule is [2H]c1nc(CC)n2ccccc12. The van der Waals surface area contributed by atoms with Crippen LogP contribution in [0.1, 0.15) is 14.1 Å². The van der Waals surface area contributed by atoms with Crippen LogP contribution in [0.3, 0.4) is 0 Å². The summed E-state index contributed by atoms with van der Waals surface area (Å²) < 4.78 is 9.52. The molecule has 0 aliphatic heterocycles.